The number of hydrogen-bond acceptors (Lipinski definition) is 2. The van der Waals surface area contributed by atoms with E-state index < -0.39 is 0 Å². The van der Waals surface area contributed by atoms with Gasteiger partial charge in [0.2, 0.25) is 0 Å². The zero-order chi connectivity index (χ0) is 11.5. The quantitative estimate of drug-likeness (QED) is 0.846. The second-order valence-corrected chi connectivity index (χ2v) is 4.62. The van der Waals surface area contributed by atoms with Crippen LogP contribution in [0.4, 0.5) is 0 Å². The van der Waals surface area contributed by atoms with Gasteiger partial charge in [0, 0.05) is 31.4 Å². The summed E-state index contributed by atoms with van der Waals surface area (Å²) in [6.45, 7) is 2.79. The van der Waals surface area contributed by atoms with Crippen molar-refractivity contribution in [1.82, 2.24) is 10.3 Å². The fourth-order valence-corrected chi connectivity index (χ4v) is 2.47. The van der Waals surface area contributed by atoms with E-state index in [0.29, 0.717) is 6.10 Å². The number of aromatic amines is 1. The lowest BCUT2D eigenvalue weighted by Gasteiger charge is -2.11. The standard InChI is InChI=1S/C14H18N2O/c1-3-11-6-7-16-14(11)12(4-1)9-15-10-13-5-2-8-17-13/h1,3-4,6-7,13,15-16H,2,5,8-10H2. The molecule has 3 nitrogen and oxygen atoms in total. The summed E-state index contributed by atoms with van der Waals surface area (Å²) in [5.41, 5.74) is 2.57. The molecular weight excluding hydrogens is 212 g/mol. The van der Waals surface area contributed by atoms with Gasteiger partial charge >= 0.3 is 0 Å². The van der Waals surface area contributed by atoms with Crippen molar-refractivity contribution >= 4 is 10.9 Å². The van der Waals surface area contributed by atoms with Gasteiger partial charge in [0.15, 0.2) is 0 Å². The predicted octanol–water partition coefficient (Wildman–Crippen LogP) is 2.44. The first-order valence-electron chi connectivity index (χ1n) is 6.31. The Labute approximate surface area is 101 Å². The van der Waals surface area contributed by atoms with Crippen molar-refractivity contribution < 1.29 is 4.74 Å². The minimum absolute atomic E-state index is 0.415. The van der Waals surface area contributed by atoms with Crippen molar-refractivity contribution in [2.75, 3.05) is 13.2 Å². The van der Waals surface area contributed by atoms with Gasteiger partial charge in [-0.3, -0.25) is 0 Å². The van der Waals surface area contributed by atoms with Gasteiger partial charge in [-0.25, -0.2) is 0 Å². The van der Waals surface area contributed by atoms with Gasteiger partial charge in [-0.05, 0) is 29.9 Å². The van der Waals surface area contributed by atoms with Gasteiger partial charge in [-0.15, -0.1) is 0 Å². The number of aromatic nitrogens is 1. The van der Waals surface area contributed by atoms with Gasteiger partial charge in [0.05, 0.1) is 6.10 Å². The van der Waals surface area contributed by atoms with Gasteiger partial charge < -0.3 is 15.0 Å². The molecule has 1 aliphatic heterocycles. The third-order valence-electron chi connectivity index (χ3n) is 3.38. The molecule has 2 heterocycles. The molecule has 90 valence electrons. The van der Waals surface area contributed by atoms with Crippen LogP contribution < -0.4 is 5.32 Å². The van der Waals surface area contributed by atoms with Crippen LogP contribution in [0.25, 0.3) is 10.9 Å². The fraction of sp³-hybridized carbons (Fsp3) is 0.429. The van der Waals surface area contributed by atoms with E-state index in [2.05, 4.69) is 34.6 Å². The zero-order valence-corrected chi connectivity index (χ0v) is 9.91. The van der Waals surface area contributed by atoms with E-state index in [9.17, 15) is 0 Å². The van der Waals surface area contributed by atoms with Crippen molar-refractivity contribution in [3.05, 3.63) is 36.0 Å². The Morgan fingerprint density at radius 1 is 1.35 bits per heavy atom. The van der Waals surface area contributed by atoms with E-state index in [1.165, 1.54) is 29.3 Å². The first-order chi connectivity index (χ1) is 8.43. The van der Waals surface area contributed by atoms with Crippen LogP contribution >= 0.6 is 0 Å². The van der Waals surface area contributed by atoms with Crippen LogP contribution in [0.15, 0.2) is 30.5 Å². The van der Waals surface area contributed by atoms with Gasteiger partial charge in [0.1, 0.15) is 0 Å². The second kappa shape index (κ2) is 4.90. The number of H-pyrrole nitrogens is 1. The molecule has 0 bridgehead atoms. The maximum Gasteiger partial charge on any atom is 0.0700 e. The zero-order valence-electron chi connectivity index (χ0n) is 9.91. The highest BCUT2D eigenvalue weighted by Crippen LogP contribution is 2.17. The fourth-order valence-electron chi connectivity index (χ4n) is 2.47. The lowest BCUT2D eigenvalue weighted by atomic mass is 10.1. The number of fused-ring (bicyclic) bond motifs is 1. The van der Waals surface area contributed by atoms with E-state index in [1.54, 1.807) is 0 Å². The topological polar surface area (TPSA) is 37.0 Å². The third kappa shape index (κ3) is 2.35. The Morgan fingerprint density at radius 2 is 2.35 bits per heavy atom. The summed E-state index contributed by atoms with van der Waals surface area (Å²) in [5, 5.41) is 4.76. The van der Waals surface area contributed by atoms with Gasteiger partial charge in [-0.1, -0.05) is 18.2 Å². The van der Waals surface area contributed by atoms with Crippen molar-refractivity contribution in [1.29, 1.82) is 0 Å². The first kappa shape index (κ1) is 10.8. The molecule has 0 radical (unpaired) electrons. The monoisotopic (exact) mass is 230 g/mol. The van der Waals surface area contributed by atoms with Gasteiger partial charge in [0.25, 0.3) is 0 Å². The first-order valence-corrected chi connectivity index (χ1v) is 6.31. The summed E-state index contributed by atoms with van der Waals surface area (Å²) in [4.78, 5) is 3.30. The number of nitrogens with one attached hydrogen (secondary N) is 2. The normalized spacial score (nSPS) is 20.1. The van der Waals surface area contributed by atoms with Crippen LogP contribution in [0.5, 0.6) is 0 Å². The van der Waals surface area contributed by atoms with Crippen LogP contribution in [-0.2, 0) is 11.3 Å². The molecule has 1 unspecified atom stereocenters. The highest BCUT2D eigenvalue weighted by Gasteiger charge is 2.14. The Kier molecular flexibility index (Phi) is 3.12. The third-order valence-corrected chi connectivity index (χ3v) is 3.38. The molecular formula is C14H18N2O. The molecule has 0 amide bonds. The van der Waals surface area contributed by atoms with Crippen molar-refractivity contribution in [2.24, 2.45) is 0 Å². The summed E-state index contributed by atoms with van der Waals surface area (Å²) in [7, 11) is 0. The molecule has 0 saturated carbocycles. The molecule has 17 heavy (non-hydrogen) atoms. The lowest BCUT2D eigenvalue weighted by Crippen LogP contribution is -2.25. The minimum Gasteiger partial charge on any atom is -0.377 e. The molecule has 3 heteroatoms. The minimum atomic E-state index is 0.415. The summed E-state index contributed by atoms with van der Waals surface area (Å²) in [6.07, 6.45) is 4.81. The molecule has 2 N–H and O–H groups in total. The van der Waals surface area contributed by atoms with Gasteiger partial charge in [-0.2, -0.15) is 0 Å². The van der Waals surface area contributed by atoms with Crippen molar-refractivity contribution in [2.45, 2.75) is 25.5 Å². The van der Waals surface area contributed by atoms with E-state index in [0.717, 1.165) is 19.7 Å². The highest BCUT2D eigenvalue weighted by molar-refractivity contribution is 5.82. The molecule has 1 saturated heterocycles. The second-order valence-electron chi connectivity index (χ2n) is 4.62. The average molecular weight is 230 g/mol. The Hall–Kier alpha value is -1.32. The summed E-state index contributed by atoms with van der Waals surface area (Å²) in [5.74, 6) is 0. The van der Waals surface area contributed by atoms with E-state index in [1.807, 2.05) is 6.20 Å². The average Bonchev–Trinajstić information content (AvgIpc) is 2.99. The maximum absolute atomic E-state index is 5.59. The summed E-state index contributed by atoms with van der Waals surface area (Å²) in [6, 6.07) is 8.52. The number of rotatable bonds is 4. The largest absolute Gasteiger partial charge is 0.377 e. The van der Waals surface area contributed by atoms with Crippen LogP contribution in [0.3, 0.4) is 0 Å². The number of para-hydroxylation sites is 1. The lowest BCUT2D eigenvalue weighted by molar-refractivity contribution is 0.110. The Balaban J connectivity index is 1.62. The van der Waals surface area contributed by atoms with Crippen molar-refractivity contribution in [3.63, 3.8) is 0 Å². The van der Waals surface area contributed by atoms with Crippen molar-refractivity contribution in [3.8, 4) is 0 Å². The molecule has 0 aliphatic carbocycles. The SMILES string of the molecule is c1cc(CNCC2CCCO2)c2[nH]ccc2c1. The molecule has 1 aromatic heterocycles. The molecule has 0 spiro atoms. The number of ether oxygens (including phenoxy) is 1. The highest BCUT2D eigenvalue weighted by atomic mass is 16.5. The number of hydrogen-bond donors (Lipinski definition) is 2. The van der Waals surface area contributed by atoms with Crippen LogP contribution in [0, 0.1) is 0 Å². The van der Waals surface area contributed by atoms with E-state index >= 15 is 0 Å². The summed E-state index contributed by atoms with van der Waals surface area (Å²) >= 11 is 0. The molecule has 1 aliphatic rings. The smallest absolute Gasteiger partial charge is 0.0700 e. The molecule has 1 atom stereocenters. The molecule has 2 aromatic rings. The van der Waals surface area contributed by atoms with Crippen LogP contribution in [-0.4, -0.2) is 24.2 Å². The maximum atomic E-state index is 5.59. The van der Waals surface area contributed by atoms with Crippen LogP contribution in [0.1, 0.15) is 18.4 Å². The van der Waals surface area contributed by atoms with E-state index in [4.69, 9.17) is 4.74 Å². The summed E-state index contributed by atoms with van der Waals surface area (Å²) < 4.78 is 5.59. The Morgan fingerprint density at radius 3 is 3.24 bits per heavy atom. The molecule has 3 rings (SSSR count). The van der Waals surface area contributed by atoms with Crippen LogP contribution in [0.2, 0.25) is 0 Å². The predicted molar refractivity (Wildman–Crippen MR) is 69.0 cm³/mol. The van der Waals surface area contributed by atoms with E-state index in [-0.39, 0.29) is 0 Å². The number of benzene rings is 1. The Bertz CT molecular complexity index is 486. The molecule has 1 fully saturated rings. The molecule has 1 aromatic carbocycles.